The Kier molecular flexibility index (Phi) is 5.69. The largest absolute Gasteiger partial charge is 0.481 e. The summed E-state index contributed by atoms with van der Waals surface area (Å²) >= 11 is 0. The molecule has 1 aromatic heterocycles. The molecule has 0 aromatic carbocycles. The highest BCUT2D eigenvalue weighted by Gasteiger charge is 2.28. The average molecular weight is 293 g/mol. The number of nitrogens with one attached hydrogen (secondary N) is 2. The van der Waals surface area contributed by atoms with Gasteiger partial charge in [0.1, 0.15) is 0 Å². The van der Waals surface area contributed by atoms with Gasteiger partial charge in [-0.1, -0.05) is 20.8 Å². The fourth-order valence-corrected chi connectivity index (χ4v) is 1.88. The quantitative estimate of drug-likeness (QED) is 0.777. The first-order valence-electron chi connectivity index (χ1n) is 6.89. The number of urea groups is 1. The van der Waals surface area contributed by atoms with Crippen molar-refractivity contribution in [3.63, 3.8) is 0 Å². The van der Waals surface area contributed by atoms with Gasteiger partial charge in [-0.3, -0.25) is 9.78 Å². The van der Waals surface area contributed by atoms with Crippen LogP contribution in [0.15, 0.2) is 24.5 Å². The van der Waals surface area contributed by atoms with E-state index >= 15 is 0 Å². The number of pyridine rings is 1. The topological polar surface area (TPSA) is 91.3 Å². The van der Waals surface area contributed by atoms with E-state index in [1.807, 2.05) is 39.8 Å². The van der Waals surface area contributed by atoms with E-state index in [1.54, 1.807) is 12.4 Å². The number of rotatable bonds is 5. The Morgan fingerprint density at radius 2 is 1.81 bits per heavy atom. The van der Waals surface area contributed by atoms with Crippen molar-refractivity contribution in [3.05, 3.63) is 30.1 Å². The van der Waals surface area contributed by atoms with Crippen molar-refractivity contribution >= 4 is 12.0 Å². The van der Waals surface area contributed by atoms with Crippen molar-refractivity contribution in [2.45, 2.75) is 46.2 Å². The number of aromatic nitrogens is 1. The number of amides is 2. The molecule has 2 amide bonds. The fourth-order valence-electron chi connectivity index (χ4n) is 1.88. The fraction of sp³-hybridized carbons (Fsp3) is 0.533. The lowest BCUT2D eigenvalue weighted by atomic mass is 9.85. The molecule has 0 aliphatic rings. The number of carbonyl (C=O) groups is 2. The summed E-state index contributed by atoms with van der Waals surface area (Å²) in [6, 6.07) is 2.64. The monoisotopic (exact) mass is 293 g/mol. The second-order valence-corrected chi connectivity index (χ2v) is 6.14. The number of carboxylic acid groups (broad SMARTS) is 1. The Labute approximate surface area is 125 Å². The Balaban J connectivity index is 2.64. The van der Waals surface area contributed by atoms with Gasteiger partial charge in [0.15, 0.2) is 0 Å². The van der Waals surface area contributed by atoms with Crippen LogP contribution >= 0.6 is 0 Å². The van der Waals surface area contributed by atoms with Crippen LogP contribution in [0.4, 0.5) is 4.79 Å². The van der Waals surface area contributed by atoms with Crippen LogP contribution in [-0.2, 0) is 4.79 Å². The Bertz CT molecular complexity index is 483. The first-order valence-corrected chi connectivity index (χ1v) is 6.89. The second-order valence-electron chi connectivity index (χ2n) is 6.14. The lowest BCUT2D eigenvalue weighted by Gasteiger charge is -2.30. The molecule has 21 heavy (non-hydrogen) atoms. The van der Waals surface area contributed by atoms with E-state index in [-0.39, 0.29) is 23.9 Å². The third-order valence-corrected chi connectivity index (χ3v) is 3.28. The third-order valence-electron chi connectivity index (χ3n) is 3.28. The highest BCUT2D eigenvalue weighted by molar-refractivity contribution is 5.76. The van der Waals surface area contributed by atoms with Crippen LogP contribution in [0.25, 0.3) is 0 Å². The van der Waals surface area contributed by atoms with Gasteiger partial charge in [-0.05, 0) is 30.0 Å². The van der Waals surface area contributed by atoms with Crippen molar-refractivity contribution in [3.8, 4) is 0 Å². The zero-order valence-corrected chi connectivity index (χ0v) is 12.9. The van der Waals surface area contributed by atoms with Gasteiger partial charge in [0.05, 0.1) is 12.5 Å². The molecule has 0 radical (unpaired) electrons. The van der Waals surface area contributed by atoms with Crippen LogP contribution in [0.3, 0.4) is 0 Å². The number of aliphatic carboxylic acids is 1. The van der Waals surface area contributed by atoms with Gasteiger partial charge in [0, 0.05) is 18.4 Å². The summed E-state index contributed by atoms with van der Waals surface area (Å²) in [5.74, 6) is -0.933. The van der Waals surface area contributed by atoms with Gasteiger partial charge in [-0.15, -0.1) is 0 Å². The second kappa shape index (κ2) is 7.06. The number of hydrogen-bond acceptors (Lipinski definition) is 3. The van der Waals surface area contributed by atoms with E-state index in [1.165, 1.54) is 0 Å². The minimum Gasteiger partial charge on any atom is -0.481 e. The number of carbonyl (C=O) groups excluding carboxylic acids is 1. The summed E-state index contributed by atoms with van der Waals surface area (Å²) < 4.78 is 0. The summed E-state index contributed by atoms with van der Waals surface area (Å²) in [5.41, 5.74) is 0.598. The summed E-state index contributed by atoms with van der Waals surface area (Å²) in [4.78, 5) is 26.9. The molecule has 0 fully saturated rings. The van der Waals surface area contributed by atoms with E-state index < -0.39 is 12.0 Å². The summed E-state index contributed by atoms with van der Waals surface area (Å²) in [5, 5.41) is 14.5. The summed E-state index contributed by atoms with van der Waals surface area (Å²) in [6.07, 6.45) is 3.21. The molecule has 0 aliphatic carbocycles. The predicted octanol–water partition coefficient (Wildman–Crippen LogP) is 2.33. The summed E-state index contributed by atoms with van der Waals surface area (Å²) in [6.45, 7) is 7.55. The molecule has 0 aliphatic heterocycles. The molecule has 6 nitrogen and oxygen atoms in total. The maximum atomic E-state index is 12.0. The van der Waals surface area contributed by atoms with E-state index in [4.69, 9.17) is 5.11 Å². The number of nitrogens with zero attached hydrogens (tertiary/aromatic N) is 1. The molecule has 6 heteroatoms. The maximum absolute atomic E-state index is 12.0. The standard InChI is InChI=1S/C15H23N3O3/c1-10(11-5-7-16-8-6-11)17-14(21)18-12(9-13(19)20)15(2,3)4/h5-8,10,12H,9H2,1-4H3,(H,19,20)(H2,17,18,21). The van der Waals surface area contributed by atoms with Crippen molar-refractivity contribution < 1.29 is 14.7 Å². The number of hydrogen-bond donors (Lipinski definition) is 3. The average Bonchev–Trinajstić information content (AvgIpc) is 2.37. The lowest BCUT2D eigenvalue weighted by Crippen LogP contribution is -2.49. The van der Waals surface area contributed by atoms with Gasteiger partial charge in [-0.2, -0.15) is 0 Å². The zero-order chi connectivity index (χ0) is 16.0. The van der Waals surface area contributed by atoms with Crippen molar-refractivity contribution in [1.82, 2.24) is 15.6 Å². The van der Waals surface area contributed by atoms with Gasteiger partial charge in [0.2, 0.25) is 0 Å². The first kappa shape index (κ1) is 16.9. The van der Waals surface area contributed by atoms with Crippen molar-refractivity contribution in [1.29, 1.82) is 0 Å². The molecule has 116 valence electrons. The molecule has 2 unspecified atom stereocenters. The minimum absolute atomic E-state index is 0.111. The molecule has 1 rings (SSSR count). The van der Waals surface area contributed by atoms with Gasteiger partial charge in [0.25, 0.3) is 0 Å². The predicted molar refractivity (Wildman–Crippen MR) is 79.8 cm³/mol. The van der Waals surface area contributed by atoms with E-state index in [0.29, 0.717) is 0 Å². The molecule has 0 bridgehead atoms. The molecule has 2 atom stereocenters. The van der Waals surface area contributed by atoms with Crippen LogP contribution in [0.5, 0.6) is 0 Å². The number of carboxylic acids is 1. The Hall–Kier alpha value is -2.11. The maximum Gasteiger partial charge on any atom is 0.315 e. The molecule has 0 saturated heterocycles. The minimum atomic E-state index is -0.933. The van der Waals surface area contributed by atoms with Gasteiger partial charge < -0.3 is 15.7 Å². The van der Waals surface area contributed by atoms with Gasteiger partial charge in [-0.25, -0.2) is 4.79 Å². The van der Waals surface area contributed by atoms with Crippen LogP contribution in [0.2, 0.25) is 0 Å². The molecule has 1 heterocycles. The van der Waals surface area contributed by atoms with E-state index in [2.05, 4.69) is 15.6 Å². The van der Waals surface area contributed by atoms with E-state index in [0.717, 1.165) is 5.56 Å². The molecule has 1 aromatic rings. The van der Waals surface area contributed by atoms with Crippen molar-refractivity contribution in [2.75, 3.05) is 0 Å². The SMILES string of the molecule is CC(NC(=O)NC(CC(=O)O)C(C)(C)C)c1ccncc1. The molecule has 0 saturated carbocycles. The van der Waals surface area contributed by atoms with Crippen LogP contribution in [0, 0.1) is 5.41 Å². The van der Waals surface area contributed by atoms with Crippen LogP contribution in [0.1, 0.15) is 45.7 Å². The third kappa shape index (κ3) is 5.81. The molecule has 0 spiro atoms. The highest BCUT2D eigenvalue weighted by atomic mass is 16.4. The Morgan fingerprint density at radius 3 is 2.29 bits per heavy atom. The van der Waals surface area contributed by atoms with E-state index in [9.17, 15) is 9.59 Å². The molecule has 3 N–H and O–H groups in total. The Morgan fingerprint density at radius 1 is 1.24 bits per heavy atom. The smallest absolute Gasteiger partial charge is 0.315 e. The zero-order valence-electron chi connectivity index (χ0n) is 12.9. The van der Waals surface area contributed by atoms with Crippen molar-refractivity contribution in [2.24, 2.45) is 5.41 Å². The summed E-state index contributed by atoms with van der Waals surface area (Å²) in [7, 11) is 0. The lowest BCUT2D eigenvalue weighted by molar-refractivity contribution is -0.138. The van der Waals surface area contributed by atoms with Gasteiger partial charge >= 0.3 is 12.0 Å². The first-order chi connectivity index (χ1) is 9.70. The molecular formula is C15H23N3O3. The van der Waals surface area contributed by atoms with Crippen LogP contribution < -0.4 is 10.6 Å². The van der Waals surface area contributed by atoms with Crippen LogP contribution in [-0.4, -0.2) is 28.1 Å². The normalized spacial score (nSPS) is 14.1. The molecular weight excluding hydrogens is 270 g/mol. The highest BCUT2D eigenvalue weighted by Crippen LogP contribution is 2.22.